The Hall–Kier alpha value is -0.620. The first-order chi connectivity index (χ1) is 6.83. The Morgan fingerprint density at radius 1 is 1.40 bits per heavy atom. The fraction of sp³-hybridized carbons (Fsp3) is 0.250. The molecule has 0 aliphatic carbocycles. The zero-order valence-corrected chi connectivity index (χ0v) is 9.58. The van der Waals surface area contributed by atoms with Crippen molar-refractivity contribution >= 4 is 33.2 Å². The Kier molecular flexibility index (Phi) is 3.72. The lowest BCUT2D eigenvalue weighted by Gasteiger charge is -2.14. The van der Waals surface area contributed by atoms with Crippen LogP contribution in [0.2, 0.25) is 5.02 Å². The van der Waals surface area contributed by atoms with Gasteiger partial charge in [0, 0.05) is 21.6 Å². The Morgan fingerprint density at radius 3 is 2.47 bits per heavy atom. The quantitative estimate of drug-likeness (QED) is 0.667. The van der Waals surface area contributed by atoms with Crippen molar-refractivity contribution in [2.45, 2.75) is 11.7 Å². The van der Waals surface area contributed by atoms with Crippen molar-refractivity contribution in [2.24, 2.45) is 0 Å². The van der Waals surface area contributed by atoms with E-state index in [1.54, 1.807) is 0 Å². The van der Waals surface area contributed by atoms with Gasteiger partial charge in [-0.2, -0.15) is 0 Å². The molecule has 84 valence electrons. The molecule has 0 heterocycles. The molecular weight excluding hydrogens is 298 g/mol. The molecule has 1 aromatic rings. The van der Waals surface area contributed by atoms with Crippen molar-refractivity contribution in [3.63, 3.8) is 0 Å². The smallest absolute Gasteiger partial charge is 0.405 e. The third-order valence-electron chi connectivity index (χ3n) is 1.57. The topological polar surface area (TPSA) is 35.2 Å². The van der Waals surface area contributed by atoms with Gasteiger partial charge in [-0.1, -0.05) is 27.5 Å². The van der Waals surface area contributed by atoms with Gasteiger partial charge in [0.15, 0.2) is 0 Å². The third-order valence-corrected chi connectivity index (χ3v) is 2.35. The van der Waals surface area contributed by atoms with Crippen LogP contribution in [0.15, 0.2) is 12.1 Å². The second-order valence-electron chi connectivity index (χ2n) is 2.65. The summed E-state index contributed by atoms with van der Waals surface area (Å²) in [7, 11) is 0. The minimum atomic E-state index is -4.76. The summed E-state index contributed by atoms with van der Waals surface area (Å²) in [5.74, 6) is -0.385. The first-order valence-corrected chi connectivity index (χ1v) is 5.23. The molecule has 7 heteroatoms. The molecule has 0 aliphatic rings. The number of ether oxygens (including phenoxy) is 1. The zero-order chi connectivity index (χ0) is 11.6. The maximum Gasteiger partial charge on any atom is 0.573 e. The first kappa shape index (κ1) is 12.4. The number of hydrogen-bond donors (Lipinski definition) is 1. The lowest BCUT2D eigenvalue weighted by Crippen LogP contribution is -2.18. The fourth-order valence-corrected chi connectivity index (χ4v) is 1.81. The van der Waals surface area contributed by atoms with Crippen LogP contribution in [0.5, 0.6) is 5.75 Å². The standard InChI is InChI=1S/C8H6BrClF3NO/c9-3-5-6(14)1-4(10)2-7(5)15-8(11,12)13/h1-2H,3,14H2. The number of hydrogen-bond acceptors (Lipinski definition) is 2. The highest BCUT2D eigenvalue weighted by Crippen LogP contribution is 2.34. The number of halogens is 5. The largest absolute Gasteiger partial charge is 0.573 e. The summed E-state index contributed by atoms with van der Waals surface area (Å²) in [5, 5.41) is 0.248. The molecule has 1 aromatic carbocycles. The molecule has 0 bridgehead atoms. The van der Waals surface area contributed by atoms with Crippen LogP contribution in [0.25, 0.3) is 0 Å². The summed E-state index contributed by atoms with van der Waals surface area (Å²) in [5.41, 5.74) is 5.86. The van der Waals surface area contributed by atoms with Crippen LogP contribution in [0.1, 0.15) is 5.56 Å². The van der Waals surface area contributed by atoms with Gasteiger partial charge in [-0.25, -0.2) is 0 Å². The van der Waals surface area contributed by atoms with Crippen LogP contribution in [-0.2, 0) is 5.33 Å². The Labute approximate surface area is 97.3 Å². The summed E-state index contributed by atoms with van der Waals surface area (Å²) in [6.07, 6.45) is -4.76. The average Bonchev–Trinajstić information content (AvgIpc) is 1.99. The predicted octanol–water partition coefficient (Wildman–Crippen LogP) is 3.72. The SMILES string of the molecule is Nc1cc(Cl)cc(OC(F)(F)F)c1CBr. The highest BCUT2D eigenvalue weighted by molar-refractivity contribution is 9.08. The first-order valence-electron chi connectivity index (χ1n) is 3.73. The number of nitrogens with two attached hydrogens (primary N) is 1. The highest BCUT2D eigenvalue weighted by Gasteiger charge is 2.32. The van der Waals surface area contributed by atoms with Gasteiger partial charge < -0.3 is 10.5 Å². The monoisotopic (exact) mass is 303 g/mol. The van der Waals surface area contributed by atoms with E-state index < -0.39 is 6.36 Å². The molecule has 15 heavy (non-hydrogen) atoms. The maximum atomic E-state index is 12.0. The number of anilines is 1. The molecular formula is C8H6BrClF3NO. The summed E-state index contributed by atoms with van der Waals surface area (Å²) in [6, 6.07) is 2.43. The van der Waals surface area contributed by atoms with E-state index in [4.69, 9.17) is 17.3 Å². The molecule has 0 unspecified atom stereocenters. The molecule has 0 saturated heterocycles. The maximum absolute atomic E-state index is 12.0. The number of alkyl halides is 4. The highest BCUT2D eigenvalue weighted by atomic mass is 79.9. The summed E-state index contributed by atoms with van der Waals surface area (Å²) < 4.78 is 39.8. The molecule has 2 N–H and O–H groups in total. The van der Waals surface area contributed by atoms with Gasteiger partial charge >= 0.3 is 6.36 Å². The van der Waals surface area contributed by atoms with Gasteiger partial charge in [0.2, 0.25) is 0 Å². The molecule has 0 radical (unpaired) electrons. The Morgan fingerprint density at radius 2 is 2.00 bits per heavy atom. The van der Waals surface area contributed by atoms with Gasteiger partial charge in [0.25, 0.3) is 0 Å². The van der Waals surface area contributed by atoms with E-state index >= 15 is 0 Å². The fourth-order valence-electron chi connectivity index (χ4n) is 0.991. The summed E-state index contributed by atoms with van der Waals surface area (Å²) in [4.78, 5) is 0. The van der Waals surface area contributed by atoms with Gasteiger partial charge in [-0.3, -0.25) is 0 Å². The molecule has 0 atom stereocenters. The number of nitrogen functional groups attached to an aromatic ring is 1. The second-order valence-corrected chi connectivity index (χ2v) is 3.65. The van der Waals surface area contributed by atoms with Crippen molar-refractivity contribution in [2.75, 3.05) is 5.73 Å². The van der Waals surface area contributed by atoms with Crippen LogP contribution >= 0.6 is 27.5 Å². The zero-order valence-electron chi connectivity index (χ0n) is 7.24. The molecule has 2 nitrogen and oxygen atoms in total. The van der Waals surface area contributed by atoms with Gasteiger partial charge in [0.1, 0.15) is 5.75 Å². The second kappa shape index (κ2) is 4.49. The molecule has 0 aromatic heterocycles. The normalized spacial score (nSPS) is 11.5. The lowest BCUT2D eigenvalue weighted by atomic mass is 10.2. The van der Waals surface area contributed by atoms with Crippen LogP contribution in [-0.4, -0.2) is 6.36 Å². The van der Waals surface area contributed by atoms with Crippen molar-refractivity contribution < 1.29 is 17.9 Å². The third kappa shape index (κ3) is 3.46. The van der Waals surface area contributed by atoms with E-state index in [2.05, 4.69) is 20.7 Å². The van der Waals surface area contributed by atoms with Crippen molar-refractivity contribution in [1.29, 1.82) is 0 Å². The van der Waals surface area contributed by atoms with Crippen molar-refractivity contribution in [3.05, 3.63) is 22.7 Å². The number of benzene rings is 1. The van der Waals surface area contributed by atoms with E-state index in [0.717, 1.165) is 6.07 Å². The van der Waals surface area contributed by atoms with Crippen molar-refractivity contribution in [1.82, 2.24) is 0 Å². The van der Waals surface area contributed by atoms with Crippen LogP contribution < -0.4 is 10.5 Å². The Balaban J connectivity index is 3.15. The van der Waals surface area contributed by atoms with Gasteiger partial charge in [0.05, 0.1) is 0 Å². The molecule has 0 fully saturated rings. The Bertz CT molecular complexity index is 370. The molecule has 1 rings (SSSR count). The van der Waals surface area contributed by atoms with E-state index in [0.29, 0.717) is 0 Å². The molecule has 0 amide bonds. The van der Waals surface area contributed by atoms with E-state index in [-0.39, 0.29) is 27.4 Å². The summed E-state index contributed by atoms with van der Waals surface area (Å²) >= 11 is 8.59. The minimum absolute atomic E-state index is 0.0939. The molecule has 0 spiro atoms. The van der Waals surface area contributed by atoms with Gasteiger partial charge in [-0.15, -0.1) is 13.2 Å². The minimum Gasteiger partial charge on any atom is -0.405 e. The van der Waals surface area contributed by atoms with Crippen LogP contribution in [0.3, 0.4) is 0 Å². The molecule has 0 aliphatic heterocycles. The van der Waals surface area contributed by atoms with E-state index in [1.165, 1.54) is 6.07 Å². The summed E-state index contributed by atoms with van der Waals surface area (Å²) in [6.45, 7) is 0. The van der Waals surface area contributed by atoms with E-state index in [9.17, 15) is 13.2 Å². The van der Waals surface area contributed by atoms with E-state index in [1.807, 2.05) is 0 Å². The van der Waals surface area contributed by atoms with Crippen LogP contribution in [0.4, 0.5) is 18.9 Å². The molecule has 0 saturated carbocycles. The number of rotatable bonds is 2. The van der Waals surface area contributed by atoms with Crippen LogP contribution in [0, 0.1) is 0 Å². The van der Waals surface area contributed by atoms with Crippen molar-refractivity contribution in [3.8, 4) is 5.75 Å². The van der Waals surface area contributed by atoms with Gasteiger partial charge in [-0.05, 0) is 12.1 Å². The average molecular weight is 304 g/mol. The lowest BCUT2D eigenvalue weighted by molar-refractivity contribution is -0.274. The predicted molar refractivity (Wildman–Crippen MR) is 55.2 cm³/mol.